The average Bonchev–Trinajstić information content (AvgIpc) is 1.85. The van der Waals surface area contributed by atoms with Crippen molar-refractivity contribution in [3.05, 3.63) is 0 Å². The summed E-state index contributed by atoms with van der Waals surface area (Å²) in [5.41, 5.74) is 0. The molecular weight excluding hydrogens is 210 g/mol. The van der Waals surface area contributed by atoms with E-state index in [0.29, 0.717) is 18.0 Å². The van der Waals surface area contributed by atoms with Gasteiger partial charge in [-0.05, 0) is 6.92 Å². The van der Waals surface area contributed by atoms with Crippen LogP contribution in [0, 0.1) is 0 Å². The number of esters is 1. The molecule has 0 radical (unpaired) electrons. The van der Waals surface area contributed by atoms with Crippen molar-refractivity contribution in [2.75, 3.05) is 26.2 Å². The number of ether oxygens (including phenoxy) is 1. The van der Waals surface area contributed by atoms with Crippen LogP contribution in [0.5, 0.6) is 0 Å². The number of hydrogen-bond donors (Lipinski definition) is 0. The molecule has 0 spiro atoms. The molecule has 0 N–H and O–H groups in total. The summed E-state index contributed by atoms with van der Waals surface area (Å²) < 4.78 is 4.79. The van der Waals surface area contributed by atoms with E-state index in [2.05, 4.69) is 20.8 Å². The normalized spacial score (nSPS) is 19.5. The highest BCUT2D eigenvalue weighted by atomic mass is 79.9. The van der Waals surface area contributed by atoms with Gasteiger partial charge in [0.15, 0.2) is 0 Å². The molecule has 1 fully saturated rings. The number of hydrogen-bond acceptors (Lipinski definition) is 3. The Morgan fingerprint density at radius 1 is 1.73 bits per heavy atom. The summed E-state index contributed by atoms with van der Waals surface area (Å²) in [6.45, 7) is 4.65. The molecule has 0 atom stereocenters. The first-order valence-electron chi connectivity index (χ1n) is 3.74. The second-order valence-electron chi connectivity index (χ2n) is 2.60. The van der Waals surface area contributed by atoms with Gasteiger partial charge in [-0.15, -0.1) is 0 Å². The van der Waals surface area contributed by atoms with Crippen molar-refractivity contribution >= 4 is 21.9 Å². The van der Waals surface area contributed by atoms with Crippen molar-refractivity contribution in [2.24, 2.45) is 0 Å². The minimum Gasteiger partial charge on any atom is -0.465 e. The van der Waals surface area contributed by atoms with Crippen LogP contribution in [0.4, 0.5) is 0 Å². The highest BCUT2D eigenvalue weighted by Crippen LogP contribution is 2.14. The van der Waals surface area contributed by atoms with Gasteiger partial charge in [0.05, 0.1) is 13.2 Å². The van der Waals surface area contributed by atoms with Crippen molar-refractivity contribution in [2.45, 2.75) is 11.8 Å². The molecule has 3 nitrogen and oxygen atoms in total. The van der Waals surface area contributed by atoms with E-state index in [0.717, 1.165) is 13.1 Å². The molecule has 4 heteroatoms. The maximum absolute atomic E-state index is 10.9. The molecule has 1 saturated heterocycles. The third-order valence-corrected chi connectivity index (χ3v) is 2.15. The molecule has 0 aromatic heterocycles. The fourth-order valence-corrected chi connectivity index (χ4v) is 1.84. The number of halogens is 1. The van der Waals surface area contributed by atoms with E-state index in [4.69, 9.17) is 4.74 Å². The highest BCUT2D eigenvalue weighted by Gasteiger charge is 2.25. The van der Waals surface area contributed by atoms with E-state index in [9.17, 15) is 4.79 Å². The second-order valence-corrected chi connectivity index (χ2v) is 3.89. The topological polar surface area (TPSA) is 29.5 Å². The van der Waals surface area contributed by atoms with E-state index >= 15 is 0 Å². The molecule has 0 bridgehead atoms. The Balaban J connectivity index is 2.07. The molecule has 0 amide bonds. The van der Waals surface area contributed by atoms with Gasteiger partial charge in [-0.25, -0.2) is 0 Å². The van der Waals surface area contributed by atoms with Crippen molar-refractivity contribution in [1.29, 1.82) is 0 Å². The summed E-state index contributed by atoms with van der Waals surface area (Å²) >= 11 is 3.44. The smallest absolute Gasteiger partial charge is 0.320 e. The molecule has 0 aromatic rings. The third kappa shape index (κ3) is 2.79. The average molecular weight is 222 g/mol. The van der Waals surface area contributed by atoms with E-state index in [1.54, 1.807) is 0 Å². The van der Waals surface area contributed by atoms with Crippen molar-refractivity contribution in [3.8, 4) is 0 Å². The first kappa shape index (κ1) is 9.00. The first-order chi connectivity index (χ1) is 5.22. The summed E-state index contributed by atoms with van der Waals surface area (Å²) in [6, 6.07) is 0. The van der Waals surface area contributed by atoms with E-state index < -0.39 is 0 Å². The predicted molar refractivity (Wildman–Crippen MR) is 45.8 cm³/mol. The summed E-state index contributed by atoms with van der Waals surface area (Å²) in [5.74, 6) is -0.119. The van der Waals surface area contributed by atoms with Gasteiger partial charge in [0, 0.05) is 17.9 Å². The van der Waals surface area contributed by atoms with Crippen molar-refractivity contribution in [3.63, 3.8) is 0 Å². The Kier molecular flexibility index (Phi) is 3.33. The monoisotopic (exact) mass is 221 g/mol. The molecule has 1 rings (SSSR count). The molecule has 11 heavy (non-hydrogen) atoms. The molecule has 1 aliphatic heterocycles. The van der Waals surface area contributed by atoms with Crippen LogP contribution in [-0.4, -0.2) is 41.9 Å². The van der Waals surface area contributed by atoms with Crippen molar-refractivity contribution in [1.82, 2.24) is 4.90 Å². The Hall–Kier alpha value is -0.0900. The van der Waals surface area contributed by atoms with Gasteiger partial charge in [0.2, 0.25) is 0 Å². The lowest BCUT2D eigenvalue weighted by molar-refractivity contribution is -0.145. The summed E-state index contributed by atoms with van der Waals surface area (Å²) in [6.07, 6.45) is 0. The van der Waals surface area contributed by atoms with Crippen LogP contribution in [0.3, 0.4) is 0 Å². The highest BCUT2D eigenvalue weighted by molar-refractivity contribution is 9.09. The van der Waals surface area contributed by atoms with Crippen LogP contribution in [0.15, 0.2) is 0 Å². The Bertz CT molecular complexity index is 145. The number of nitrogens with zero attached hydrogens (tertiary/aromatic N) is 1. The van der Waals surface area contributed by atoms with Gasteiger partial charge in [0.1, 0.15) is 0 Å². The molecule has 0 unspecified atom stereocenters. The van der Waals surface area contributed by atoms with E-state index in [1.165, 1.54) is 0 Å². The lowest BCUT2D eigenvalue weighted by Crippen LogP contribution is -2.49. The lowest BCUT2D eigenvalue weighted by atomic mass is 10.2. The fourth-order valence-electron chi connectivity index (χ4n) is 1.03. The van der Waals surface area contributed by atoms with Crippen LogP contribution in [0.1, 0.15) is 6.92 Å². The summed E-state index contributed by atoms with van der Waals surface area (Å²) in [7, 11) is 0. The number of carbonyl (C=O) groups is 1. The van der Waals surface area contributed by atoms with Crippen LogP contribution in [-0.2, 0) is 9.53 Å². The lowest BCUT2D eigenvalue weighted by Gasteiger charge is -2.34. The number of carbonyl (C=O) groups excluding carboxylic acids is 1. The van der Waals surface area contributed by atoms with Crippen LogP contribution >= 0.6 is 15.9 Å². The standard InChI is InChI=1S/C7H12BrNO2/c1-2-11-7(10)5-9-3-6(8)4-9/h6H,2-5H2,1H3. The number of rotatable bonds is 3. The van der Waals surface area contributed by atoms with Gasteiger partial charge < -0.3 is 4.74 Å². The largest absolute Gasteiger partial charge is 0.465 e. The first-order valence-corrected chi connectivity index (χ1v) is 4.66. The van der Waals surface area contributed by atoms with Crippen molar-refractivity contribution < 1.29 is 9.53 Å². The van der Waals surface area contributed by atoms with Gasteiger partial charge in [-0.3, -0.25) is 9.69 Å². The predicted octanol–water partition coefficient (Wildman–Crippen LogP) is 0.629. The Morgan fingerprint density at radius 2 is 2.36 bits per heavy atom. The maximum atomic E-state index is 10.9. The SMILES string of the molecule is CCOC(=O)CN1CC(Br)C1. The second kappa shape index (κ2) is 4.07. The zero-order valence-corrected chi connectivity index (χ0v) is 8.13. The molecule has 0 saturated carbocycles. The Labute approximate surface area is 74.8 Å². The number of likely N-dealkylation sites (tertiary alicyclic amines) is 1. The summed E-state index contributed by atoms with van der Waals surface area (Å²) in [4.78, 5) is 13.5. The van der Waals surface area contributed by atoms with Crippen LogP contribution < -0.4 is 0 Å². The third-order valence-electron chi connectivity index (χ3n) is 1.57. The summed E-state index contributed by atoms with van der Waals surface area (Å²) in [5, 5.41) is 0. The molecule has 1 aliphatic rings. The zero-order chi connectivity index (χ0) is 8.27. The van der Waals surface area contributed by atoms with E-state index in [1.807, 2.05) is 6.92 Å². The van der Waals surface area contributed by atoms with E-state index in [-0.39, 0.29) is 5.97 Å². The zero-order valence-electron chi connectivity index (χ0n) is 6.55. The maximum Gasteiger partial charge on any atom is 0.320 e. The molecule has 0 aliphatic carbocycles. The van der Waals surface area contributed by atoms with Gasteiger partial charge in [-0.2, -0.15) is 0 Å². The molecule has 1 heterocycles. The molecule has 0 aromatic carbocycles. The Morgan fingerprint density at radius 3 is 2.82 bits per heavy atom. The number of alkyl halides is 1. The molecule has 64 valence electrons. The van der Waals surface area contributed by atoms with Gasteiger partial charge in [0.25, 0.3) is 0 Å². The minimum absolute atomic E-state index is 0.119. The van der Waals surface area contributed by atoms with Gasteiger partial charge >= 0.3 is 5.97 Å². The molecular formula is C7H12BrNO2. The van der Waals surface area contributed by atoms with Gasteiger partial charge in [-0.1, -0.05) is 15.9 Å². The minimum atomic E-state index is -0.119. The van der Waals surface area contributed by atoms with Crippen LogP contribution in [0.25, 0.3) is 0 Å². The fraction of sp³-hybridized carbons (Fsp3) is 0.857. The quantitative estimate of drug-likeness (QED) is 0.518. The van der Waals surface area contributed by atoms with Crippen LogP contribution in [0.2, 0.25) is 0 Å².